The van der Waals surface area contributed by atoms with Gasteiger partial charge in [0.05, 0.1) is 22.3 Å². The van der Waals surface area contributed by atoms with Crippen LogP contribution in [0.1, 0.15) is 41.4 Å². The van der Waals surface area contributed by atoms with E-state index < -0.39 is 163 Å². The van der Waals surface area contributed by atoms with Gasteiger partial charge < -0.3 is 90.4 Å². The number of benzene rings is 4. The first kappa shape index (κ1) is 40.0. The van der Waals surface area contributed by atoms with E-state index in [0.717, 1.165) is 0 Å². The molecule has 0 spiro atoms. The number of aliphatic hydroxyl groups is 1. The lowest BCUT2D eigenvalue weighted by molar-refractivity contribution is -0.166. The van der Waals surface area contributed by atoms with Gasteiger partial charge in [0.25, 0.3) is 0 Å². The van der Waals surface area contributed by atoms with Crippen molar-refractivity contribution in [3.05, 3.63) is 58.7 Å². The quantitative estimate of drug-likeness (QED) is 0.0683. The summed E-state index contributed by atoms with van der Waals surface area (Å²) in [5.41, 5.74) is -6.12. The number of aromatic hydroxyl groups is 12. The average molecular weight is 803 g/mol. The highest BCUT2D eigenvalue weighted by molar-refractivity contribution is 6.08. The van der Waals surface area contributed by atoms with Crippen LogP contribution in [0.25, 0.3) is 11.1 Å². The first-order chi connectivity index (χ1) is 26.6. The third-order valence-corrected chi connectivity index (χ3v) is 8.16. The Balaban J connectivity index is 1.72. The van der Waals surface area contributed by atoms with E-state index >= 15 is 0 Å². The van der Waals surface area contributed by atoms with Gasteiger partial charge in [-0.15, -0.1) is 0 Å². The van der Waals surface area contributed by atoms with E-state index in [-0.39, 0.29) is 0 Å². The zero-order valence-electron chi connectivity index (χ0n) is 27.9. The monoisotopic (exact) mass is 802 g/mol. The van der Waals surface area contributed by atoms with Gasteiger partial charge in [0.15, 0.2) is 69.7 Å². The maximum Gasteiger partial charge on any atom is 0.349 e. The first-order valence-corrected chi connectivity index (χ1v) is 15.4. The second-order valence-corrected chi connectivity index (χ2v) is 11.8. The van der Waals surface area contributed by atoms with E-state index in [2.05, 4.69) is 0 Å². The predicted octanol–water partition coefficient (Wildman–Crippen LogP) is 0.413. The van der Waals surface area contributed by atoms with Crippen LogP contribution in [0, 0.1) is 0 Å². The minimum atomic E-state index is -2.97. The number of carbonyl (C=O) groups excluding carboxylic acids is 4. The molecule has 23 nitrogen and oxygen atoms in total. The van der Waals surface area contributed by atoms with Gasteiger partial charge >= 0.3 is 29.8 Å². The normalized spacial score (nSPS) is 16.4. The van der Waals surface area contributed by atoms with Crippen LogP contribution >= 0.6 is 0 Å². The summed E-state index contributed by atoms with van der Waals surface area (Å²) in [6.45, 7) is -1.41. The molecule has 0 saturated heterocycles. The van der Waals surface area contributed by atoms with Gasteiger partial charge in [-0.05, 0) is 36.4 Å². The molecule has 1 heterocycles. The Morgan fingerprint density at radius 1 is 0.561 bits per heavy atom. The fraction of sp³-hybridized carbons (Fsp3) is 0.147. The molecule has 0 saturated carbocycles. The molecule has 0 unspecified atom stereocenters. The lowest BCUT2D eigenvalue weighted by atomic mass is 9.92. The van der Waals surface area contributed by atoms with E-state index in [1.807, 2.05) is 0 Å². The highest BCUT2D eigenvalue weighted by Crippen LogP contribution is 2.53. The zero-order chi connectivity index (χ0) is 42.4. The smallest absolute Gasteiger partial charge is 0.349 e. The molecule has 0 bridgehead atoms. The number of fused-ring (bicyclic) bond motifs is 3. The van der Waals surface area contributed by atoms with E-state index in [9.17, 15) is 95.5 Å². The molecule has 0 fully saturated rings. The molecule has 0 aromatic heterocycles. The van der Waals surface area contributed by atoms with Crippen LogP contribution < -0.4 is 0 Å². The van der Waals surface area contributed by atoms with E-state index in [1.54, 1.807) is 0 Å². The number of esters is 4. The highest BCUT2D eigenvalue weighted by Gasteiger charge is 2.48. The summed E-state index contributed by atoms with van der Waals surface area (Å²) in [7, 11) is 0. The summed E-state index contributed by atoms with van der Waals surface area (Å²) in [5.74, 6) is -24.4. The topological polar surface area (TPSA) is 405 Å². The molecule has 4 atom stereocenters. The average Bonchev–Trinajstić information content (AvgIpc) is 3.16. The molecule has 4 aromatic rings. The van der Waals surface area contributed by atoms with E-state index in [4.69, 9.17) is 18.9 Å². The number of phenolic OH excluding ortho intramolecular Hbond substituents is 12. The maximum absolute atomic E-state index is 14.0. The van der Waals surface area contributed by atoms with Crippen molar-refractivity contribution in [1.29, 1.82) is 0 Å². The molecule has 14 N–H and O–H groups in total. The van der Waals surface area contributed by atoms with Crippen LogP contribution in [0.3, 0.4) is 0 Å². The predicted molar refractivity (Wildman–Crippen MR) is 176 cm³/mol. The number of carboxylic acids is 1. The van der Waals surface area contributed by atoms with Crippen molar-refractivity contribution < 1.29 is 114 Å². The maximum atomic E-state index is 14.0. The van der Waals surface area contributed by atoms with Crippen LogP contribution in [0.4, 0.5) is 0 Å². The fourth-order valence-electron chi connectivity index (χ4n) is 5.38. The Hall–Kier alpha value is -8.21. The van der Waals surface area contributed by atoms with Crippen molar-refractivity contribution in [2.75, 3.05) is 6.61 Å². The first-order valence-electron chi connectivity index (χ1n) is 15.4. The van der Waals surface area contributed by atoms with Gasteiger partial charge in [0.1, 0.15) is 12.7 Å². The van der Waals surface area contributed by atoms with E-state index in [0.29, 0.717) is 36.4 Å². The molecule has 57 heavy (non-hydrogen) atoms. The summed E-state index contributed by atoms with van der Waals surface area (Å²) in [6, 6.07) is 2.70. The van der Waals surface area contributed by atoms with Gasteiger partial charge in [0.2, 0.25) is 17.6 Å². The number of ether oxygens (including phenoxy) is 4. The van der Waals surface area contributed by atoms with Crippen LogP contribution in [0.2, 0.25) is 0 Å². The number of carboxylic acid groups (broad SMARTS) is 1. The summed E-state index contributed by atoms with van der Waals surface area (Å²) in [4.78, 5) is 66.7. The number of rotatable bonds is 7. The van der Waals surface area contributed by atoms with Gasteiger partial charge in [-0.3, -0.25) is 0 Å². The third kappa shape index (κ3) is 7.35. The molecular formula is C34H26O23. The van der Waals surface area contributed by atoms with Crippen molar-refractivity contribution >= 4 is 29.8 Å². The van der Waals surface area contributed by atoms with Crippen molar-refractivity contribution in [2.45, 2.75) is 24.4 Å². The SMILES string of the molecule is O=C(O[C@H]([C@H]1OC(=O)c2cc(O)c(O)c(O)c2-c2c(cc(O)c(O)c2O)C(=O)OC[C@H]1O)[C@@H](OC(=O)c1cc(O)c(O)c(O)c1)C(=O)O)c1cc(O)c(O)c(O)c1. The molecule has 1 aliphatic heterocycles. The second-order valence-electron chi connectivity index (χ2n) is 11.8. The number of aliphatic carboxylic acids is 1. The Labute approximate surface area is 314 Å². The number of phenols is 12. The molecule has 300 valence electrons. The molecule has 5 rings (SSSR count). The number of hydrogen-bond acceptors (Lipinski definition) is 22. The summed E-state index contributed by atoms with van der Waals surface area (Å²) in [6.07, 6.45) is -11.2. The van der Waals surface area contributed by atoms with Crippen molar-refractivity contribution in [1.82, 2.24) is 0 Å². The summed E-state index contributed by atoms with van der Waals surface area (Å²) >= 11 is 0. The number of aliphatic hydroxyl groups excluding tert-OH is 1. The highest BCUT2D eigenvalue weighted by atomic mass is 16.6. The van der Waals surface area contributed by atoms with Crippen molar-refractivity contribution in [3.63, 3.8) is 0 Å². The summed E-state index contributed by atoms with van der Waals surface area (Å²) in [5, 5.41) is 143. The van der Waals surface area contributed by atoms with Gasteiger partial charge in [-0.2, -0.15) is 0 Å². The van der Waals surface area contributed by atoms with Gasteiger partial charge in [-0.25, -0.2) is 24.0 Å². The van der Waals surface area contributed by atoms with E-state index in [1.165, 1.54) is 0 Å². The largest absolute Gasteiger partial charge is 0.504 e. The van der Waals surface area contributed by atoms with Gasteiger partial charge in [-0.1, -0.05) is 0 Å². The second kappa shape index (κ2) is 14.9. The Morgan fingerprint density at radius 3 is 1.37 bits per heavy atom. The molecule has 23 heteroatoms. The Bertz CT molecular complexity index is 2320. The summed E-state index contributed by atoms with van der Waals surface area (Å²) < 4.78 is 20.5. The lowest BCUT2D eigenvalue weighted by Crippen LogP contribution is -2.54. The lowest BCUT2D eigenvalue weighted by Gasteiger charge is -2.33. The van der Waals surface area contributed by atoms with Gasteiger partial charge in [0, 0.05) is 11.1 Å². The minimum Gasteiger partial charge on any atom is -0.504 e. The van der Waals surface area contributed by atoms with Crippen LogP contribution in [0.5, 0.6) is 69.0 Å². The Morgan fingerprint density at radius 2 is 0.947 bits per heavy atom. The van der Waals surface area contributed by atoms with Crippen LogP contribution in [0.15, 0.2) is 36.4 Å². The minimum absolute atomic E-state index is 0.341. The fourth-order valence-corrected chi connectivity index (χ4v) is 5.38. The molecule has 0 aliphatic carbocycles. The number of hydrogen-bond donors (Lipinski definition) is 14. The van der Waals surface area contributed by atoms with Crippen LogP contribution in [-0.4, -0.2) is 132 Å². The zero-order valence-corrected chi connectivity index (χ0v) is 27.9. The standard InChI is InChI=1S/C34H26O23/c35-12-1-8(2-13(36)21(12)42)31(50)56-28(29(30(48)49)57-32(51)9-3-14(37)22(43)15(38)4-9)27-18(41)7-54-33(52)10-5-16(39)23(44)25(46)19(10)20-11(34(53)55-27)6-17(40)24(45)26(20)47/h1-6,18,27-29,35-47H,7H2,(H,48,49)/t18-,27+,28-,29-/m1/s1. The number of carbonyl (C=O) groups is 5. The molecule has 4 aromatic carbocycles. The molecule has 0 radical (unpaired) electrons. The Kier molecular flexibility index (Phi) is 10.5. The van der Waals surface area contributed by atoms with Crippen LogP contribution in [-0.2, 0) is 23.7 Å². The number of cyclic esters (lactones) is 2. The van der Waals surface area contributed by atoms with Crippen molar-refractivity contribution in [2.24, 2.45) is 0 Å². The molecule has 0 amide bonds. The molecule has 1 aliphatic rings. The third-order valence-electron chi connectivity index (χ3n) is 8.16. The van der Waals surface area contributed by atoms with Crippen molar-refractivity contribution in [3.8, 4) is 80.1 Å². The molecular weight excluding hydrogens is 776 g/mol.